The van der Waals surface area contributed by atoms with Gasteiger partial charge in [0.25, 0.3) is 0 Å². The molecule has 3 atom stereocenters. The number of amides is 1. The quantitative estimate of drug-likeness (QED) is 0.728. The van der Waals surface area contributed by atoms with Crippen molar-refractivity contribution in [2.24, 2.45) is 17.6 Å². The van der Waals surface area contributed by atoms with Crippen LogP contribution in [0.4, 0.5) is 0 Å². The molecule has 0 aromatic rings. The van der Waals surface area contributed by atoms with Gasteiger partial charge in [-0.25, -0.2) is 0 Å². The number of hydrogen-bond acceptors (Lipinski definition) is 4. The lowest BCUT2D eigenvalue weighted by atomic mass is 9.88. The molecule has 2 fully saturated rings. The maximum atomic E-state index is 12.0. The molecule has 5 heteroatoms. The van der Waals surface area contributed by atoms with E-state index >= 15 is 0 Å². The fourth-order valence-corrected chi connectivity index (χ4v) is 3.32. The molecule has 0 bridgehead atoms. The molecule has 122 valence electrons. The summed E-state index contributed by atoms with van der Waals surface area (Å²) in [5.74, 6) is 0.833. The fourth-order valence-electron chi connectivity index (χ4n) is 3.32. The SMILES string of the molecule is CC1CCCCC1OCCNC(=O)C(N)C1CCOCC1. The molecule has 2 rings (SSSR count). The zero-order valence-electron chi connectivity index (χ0n) is 13.2. The number of rotatable bonds is 6. The normalized spacial score (nSPS) is 29.0. The molecule has 1 heterocycles. The average Bonchev–Trinajstić information content (AvgIpc) is 2.53. The van der Waals surface area contributed by atoms with Crippen LogP contribution in [-0.4, -0.2) is 44.4 Å². The van der Waals surface area contributed by atoms with Gasteiger partial charge in [0.05, 0.1) is 18.8 Å². The third-order valence-corrected chi connectivity index (χ3v) is 4.84. The Labute approximate surface area is 127 Å². The first-order valence-electron chi connectivity index (χ1n) is 8.41. The number of nitrogens with one attached hydrogen (secondary N) is 1. The van der Waals surface area contributed by atoms with E-state index in [0.29, 0.717) is 38.4 Å². The molecule has 0 radical (unpaired) electrons. The summed E-state index contributed by atoms with van der Waals surface area (Å²) >= 11 is 0. The van der Waals surface area contributed by atoms with E-state index in [4.69, 9.17) is 15.2 Å². The van der Waals surface area contributed by atoms with Crippen molar-refractivity contribution >= 4 is 5.91 Å². The van der Waals surface area contributed by atoms with E-state index in [1.165, 1.54) is 19.3 Å². The van der Waals surface area contributed by atoms with Crippen LogP contribution in [0, 0.1) is 11.8 Å². The highest BCUT2D eigenvalue weighted by atomic mass is 16.5. The zero-order chi connectivity index (χ0) is 15.1. The van der Waals surface area contributed by atoms with Crippen molar-refractivity contribution in [2.75, 3.05) is 26.4 Å². The number of ether oxygens (including phenoxy) is 2. The van der Waals surface area contributed by atoms with Gasteiger partial charge in [0.1, 0.15) is 0 Å². The Hall–Kier alpha value is -0.650. The van der Waals surface area contributed by atoms with Gasteiger partial charge in [-0.3, -0.25) is 4.79 Å². The van der Waals surface area contributed by atoms with E-state index in [2.05, 4.69) is 12.2 Å². The summed E-state index contributed by atoms with van der Waals surface area (Å²) in [6.45, 7) is 4.83. The van der Waals surface area contributed by atoms with Crippen LogP contribution in [0.2, 0.25) is 0 Å². The highest BCUT2D eigenvalue weighted by molar-refractivity contribution is 5.81. The predicted octanol–water partition coefficient (Wildman–Crippen LogP) is 1.45. The average molecular weight is 298 g/mol. The highest BCUT2D eigenvalue weighted by Gasteiger charge is 2.26. The molecule has 3 N–H and O–H groups in total. The first-order chi connectivity index (χ1) is 10.2. The first-order valence-corrected chi connectivity index (χ1v) is 8.41. The smallest absolute Gasteiger partial charge is 0.237 e. The maximum absolute atomic E-state index is 12.0. The third-order valence-electron chi connectivity index (χ3n) is 4.84. The Kier molecular flexibility index (Phi) is 6.93. The van der Waals surface area contributed by atoms with Crippen LogP contribution in [0.25, 0.3) is 0 Å². The van der Waals surface area contributed by atoms with Crippen LogP contribution < -0.4 is 11.1 Å². The van der Waals surface area contributed by atoms with Crippen LogP contribution in [0.5, 0.6) is 0 Å². The van der Waals surface area contributed by atoms with Gasteiger partial charge >= 0.3 is 0 Å². The molecule has 2 aliphatic rings. The second-order valence-electron chi connectivity index (χ2n) is 6.44. The Morgan fingerprint density at radius 2 is 2.00 bits per heavy atom. The molecule has 1 aliphatic carbocycles. The standard InChI is InChI=1S/C16H30N2O3/c1-12-4-2-3-5-14(12)21-11-8-18-16(19)15(17)13-6-9-20-10-7-13/h12-15H,2-11,17H2,1H3,(H,18,19). The lowest BCUT2D eigenvalue weighted by Crippen LogP contribution is -2.48. The molecule has 0 spiro atoms. The van der Waals surface area contributed by atoms with Gasteiger partial charge in [-0.2, -0.15) is 0 Å². The van der Waals surface area contributed by atoms with Crippen molar-refractivity contribution in [3.05, 3.63) is 0 Å². The predicted molar refractivity (Wildman–Crippen MR) is 81.9 cm³/mol. The second-order valence-corrected chi connectivity index (χ2v) is 6.44. The van der Waals surface area contributed by atoms with E-state index in [9.17, 15) is 4.79 Å². The molecule has 1 saturated carbocycles. The van der Waals surface area contributed by atoms with Crippen molar-refractivity contribution < 1.29 is 14.3 Å². The summed E-state index contributed by atoms with van der Waals surface area (Å²) in [5, 5.41) is 2.90. The van der Waals surface area contributed by atoms with E-state index in [-0.39, 0.29) is 11.8 Å². The fraction of sp³-hybridized carbons (Fsp3) is 0.938. The molecule has 1 saturated heterocycles. The molecule has 21 heavy (non-hydrogen) atoms. The number of carbonyl (C=O) groups is 1. The van der Waals surface area contributed by atoms with E-state index < -0.39 is 6.04 Å². The van der Waals surface area contributed by atoms with Crippen LogP contribution in [0.1, 0.15) is 45.4 Å². The minimum Gasteiger partial charge on any atom is -0.381 e. The number of carbonyl (C=O) groups excluding carboxylic acids is 1. The Morgan fingerprint density at radius 1 is 1.29 bits per heavy atom. The molecular weight excluding hydrogens is 268 g/mol. The van der Waals surface area contributed by atoms with E-state index in [0.717, 1.165) is 19.3 Å². The third kappa shape index (κ3) is 5.24. The van der Waals surface area contributed by atoms with Crippen LogP contribution in [0.3, 0.4) is 0 Å². The minimum absolute atomic E-state index is 0.0535. The van der Waals surface area contributed by atoms with Gasteiger partial charge in [0, 0.05) is 19.8 Å². The van der Waals surface area contributed by atoms with Crippen molar-refractivity contribution in [2.45, 2.75) is 57.6 Å². The van der Waals surface area contributed by atoms with E-state index in [1.54, 1.807) is 0 Å². The van der Waals surface area contributed by atoms with E-state index in [1.807, 2.05) is 0 Å². The molecule has 0 aromatic carbocycles. The summed E-state index contributed by atoms with van der Waals surface area (Å²) in [6, 6.07) is -0.414. The van der Waals surface area contributed by atoms with Crippen LogP contribution in [0.15, 0.2) is 0 Å². The molecule has 0 aromatic heterocycles. The van der Waals surface area contributed by atoms with Gasteiger partial charge < -0.3 is 20.5 Å². The first kappa shape index (κ1) is 16.7. The lowest BCUT2D eigenvalue weighted by Gasteiger charge is -2.29. The Morgan fingerprint density at radius 3 is 2.71 bits per heavy atom. The zero-order valence-corrected chi connectivity index (χ0v) is 13.2. The summed E-state index contributed by atoms with van der Waals surface area (Å²) in [7, 11) is 0. The summed E-state index contributed by atoms with van der Waals surface area (Å²) in [4.78, 5) is 12.0. The summed E-state index contributed by atoms with van der Waals surface area (Å²) in [6.07, 6.45) is 7.10. The lowest BCUT2D eigenvalue weighted by molar-refractivity contribution is -0.124. The van der Waals surface area contributed by atoms with Crippen molar-refractivity contribution in [3.8, 4) is 0 Å². The topological polar surface area (TPSA) is 73.6 Å². The van der Waals surface area contributed by atoms with Crippen molar-refractivity contribution in [1.82, 2.24) is 5.32 Å². The van der Waals surface area contributed by atoms with Crippen molar-refractivity contribution in [1.29, 1.82) is 0 Å². The van der Waals surface area contributed by atoms with Gasteiger partial charge in [-0.05, 0) is 37.5 Å². The Balaban J connectivity index is 1.60. The van der Waals surface area contributed by atoms with Crippen molar-refractivity contribution in [3.63, 3.8) is 0 Å². The van der Waals surface area contributed by atoms with Crippen LogP contribution >= 0.6 is 0 Å². The molecule has 1 amide bonds. The molecule has 3 unspecified atom stereocenters. The van der Waals surface area contributed by atoms with Gasteiger partial charge in [0.15, 0.2) is 0 Å². The molecule has 1 aliphatic heterocycles. The minimum atomic E-state index is -0.414. The second kappa shape index (κ2) is 8.71. The van der Waals surface area contributed by atoms with Gasteiger partial charge in [0.2, 0.25) is 5.91 Å². The highest BCUT2D eigenvalue weighted by Crippen LogP contribution is 2.26. The molecular formula is C16H30N2O3. The summed E-state index contributed by atoms with van der Waals surface area (Å²) < 4.78 is 11.2. The summed E-state index contributed by atoms with van der Waals surface area (Å²) in [5.41, 5.74) is 6.03. The largest absolute Gasteiger partial charge is 0.381 e. The van der Waals surface area contributed by atoms with Crippen LogP contribution in [-0.2, 0) is 14.3 Å². The van der Waals surface area contributed by atoms with Gasteiger partial charge in [-0.1, -0.05) is 19.8 Å². The monoisotopic (exact) mass is 298 g/mol. The maximum Gasteiger partial charge on any atom is 0.237 e. The Bertz CT molecular complexity index is 319. The molecule has 5 nitrogen and oxygen atoms in total. The number of hydrogen-bond donors (Lipinski definition) is 2. The van der Waals surface area contributed by atoms with Gasteiger partial charge in [-0.15, -0.1) is 0 Å². The number of nitrogens with two attached hydrogens (primary N) is 1.